The maximum Gasteiger partial charge on any atom is 0.0855 e. The normalized spacial score (nSPS) is 32.7. The minimum atomic E-state index is -0.526. The van der Waals surface area contributed by atoms with Crippen molar-refractivity contribution in [3.63, 3.8) is 0 Å². The van der Waals surface area contributed by atoms with Crippen LogP contribution in [0, 0.1) is 0 Å². The number of aryl methyl sites for hydroxylation is 1. The largest absolute Gasteiger partial charge is 0.388 e. The first-order valence-corrected chi connectivity index (χ1v) is 7.19. The molecule has 1 aromatic heterocycles. The molecule has 3 heterocycles. The van der Waals surface area contributed by atoms with Crippen LogP contribution in [0.2, 0.25) is 0 Å². The summed E-state index contributed by atoms with van der Waals surface area (Å²) in [6, 6.07) is 0.372. The number of nitrogens with zero attached hydrogens (tertiary/aromatic N) is 3. The molecule has 2 fully saturated rings. The van der Waals surface area contributed by atoms with Crippen molar-refractivity contribution in [3.8, 4) is 0 Å². The molecular weight excluding hydrogens is 226 g/mol. The Morgan fingerprint density at radius 2 is 2.33 bits per heavy atom. The molecule has 1 N–H and O–H groups in total. The lowest BCUT2D eigenvalue weighted by Gasteiger charge is -2.37. The summed E-state index contributed by atoms with van der Waals surface area (Å²) in [6.07, 6.45) is 9.36. The fraction of sp³-hybridized carbons (Fsp3) is 0.786. The van der Waals surface area contributed by atoms with Gasteiger partial charge in [-0.05, 0) is 38.3 Å². The van der Waals surface area contributed by atoms with Crippen LogP contribution in [0.15, 0.2) is 12.4 Å². The average Bonchev–Trinajstić information content (AvgIpc) is 2.96. The van der Waals surface area contributed by atoms with Gasteiger partial charge in [-0.2, -0.15) is 5.10 Å². The standard InChI is InChI=1S/C14H23N3O/c1-2-17-11-12(10-15-17)9-14(18)6-8-16-7-4-3-5-13(14)16/h10-11,13,18H,2-9H2,1H3. The summed E-state index contributed by atoms with van der Waals surface area (Å²) < 4.78 is 1.94. The first-order valence-electron chi connectivity index (χ1n) is 7.19. The van der Waals surface area contributed by atoms with Gasteiger partial charge in [-0.25, -0.2) is 0 Å². The van der Waals surface area contributed by atoms with E-state index in [4.69, 9.17) is 0 Å². The van der Waals surface area contributed by atoms with Gasteiger partial charge in [0.1, 0.15) is 0 Å². The zero-order chi connectivity index (χ0) is 12.6. The zero-order valence-electron chi connectivity index (χ0n) is 11.2. The van der Waals surface area contributed by atoms with Gasteiger partial charge in [-0.1, -0.05) is 6.42 Å². The van der Waals surface area contributed by atoms with Crippen molar-refractivity contribution < 1.29 is 5.11 Å². The highest BCUT2D eigenvalue weighted by Gasteiger charge is 2.46. The second-order valence-corrected chi connectivity index (χ2v) is 5.78. The smallest absolute Gasteiger partial charge is 0.0855 e. The lowest BCUT2D eigenvalue weighted by atomic mass is 9.84. The summed E-state index contributed by atoms with van der Waals surface area (Å²) in [7, 11) is 0. The van der Waals surface area contributed by atoms with Gasteiger partial charge >= 0.3 is 0 Å². The Bertz CT molecular complexity index is 417. The highest BCUT2D eigenvalue weighted by Crippen LogP contribution is 2.37. The third kappa shape index (κ3) is 2.08. The molecule has 100 valence electrons. The van der Waals surface area contributed by atoms with E-state index >= 15 is 0 Å². The molecule has 0 radical (unpaired) electrons. The van der Waals surface area contributed by atoms with Crippen LogP contribution < -0.4 is 0 Å². The Labute approximate surface area is 109 Å². The zero-order valence-corrected chi connectivity index (χ0v) is 11.2. The van der Waals surface area contributed by atoms with Crippen LogP contribution in [-0.4, -0.2) is 44.5 Å². The number of rotatable bonds is 3. The first-order chi connectivity index (χ1) is 8.71. The highest BCUT2D eigenvalue weighted by molar-refractivity contribution is 5.13. The van der Waals surface area contributed by atoms with Gasteiger partial charge < -0.3 is 5.11 Å². The Kier molecular flexibility index (Phi) is 3.16. The summed E-state index contributed by atoms with van der Waals surface area (Å²) >= 11 is 0. The predicted octanol–water partition coefficient (Wildman–Crippen LogP) is 1.43. The summed E-state index contributed by atoms with van der Waals surface area (Å²) in [4.78, 5) is 2.48. The maximum atomic E-state index is 10.9. The molecule has 18 heavy (non-hydrogen) atoms. The van der Waals surface area contributed by atoms with Crippen LogP contribution in [0.3, 0.4) is 0 Å². The van der Waals surface area contributed by atoms with Crippen LogP contribution >= 0.6 is 0 Å². The molecule has 2 saturated heterocycles. The second-order valence-electron chi connectivity index (χ2n) is 5.78. The van der Waals surface area contributed by atoms with E-state index in [9.17, 15) is 5.11 Å². The highest BCUT2D eigenvalue weighted by atomic mass is 16.3. The van der Waals surface area contributed by atoms with Gasteiger partial charge in [0.15, 0.2) is 0 Å². The van der Waals surface area contributed by atoms with Gasteiger partial charge in [0.05, 0.1) is 11.8 Å². The summed E-state index contributed by atoms with van der Waals surface area (Å²) in [5.74, 6) is 0. The summed E-state index contributed by atoms with van der Waals surface area (Å²) in [6.45, 7) is 5.21. The van der Waals surface area contributed by atoms with Crippen molar-refractivity contribution >= 4 is 0 Å². The van der Waals surface area contributed by atoms with E-state index in [1.54, 1.807) is 0 Å². The van der Waals surface area contributed by atoms with Crippen molar-refractivity contribution in [3.05, 3.63) is 18.0 Å². The lowest BCUT2D eigenvalue weighted by molar-refractivity contribution is -0.00887. The Morgan fingerprint density at radius 3 is 3.11 bits per heavy atom. The number of fused-ring (bicyclic) bond motifs is 1. The molecule has 4 nitrogen and oxygen atoms in total. The van der Waals surface area contributed by atoms with E-state index in [0.717, 1.165) is 32.4 Å². The molecule has 0 spiro atoms. The Balaban J connectivity index is 1.74. The minimum absolute atomic E-state index is 0.372. The number of piperidine rings is 1. The summed E-state index contributed by atoms with van der Waals surface area (Å²) in [5, 5.41) is 15.2. The van der Waals surface area contributed by atoms with Crippen molar-refractivity contribution in [1.82, 2.24) is 14.7 Å². The van der Waals surface area contributed by atoms with Crippen LogP contribution in [-0.2, 0) is 13.0 Å². The van der Waals surface area contributed by atoms with Crippen LogP contribution in [0.4, 0.5) is 0 Å². The average molecular weight is 249 g/mol. The maximum absolute atomic E-state index is 10.9. The van der Waals surface area contributed by atoms with Crippen LogP contribution in [0.5, 0.6) is 0 Å². The van der Waals surface area contributed by atoms with Crippen molar-refractivity contribution in [2.24, 2.45) is 0 Å². The molecule has 2 aliphatic rings. The molecule has 0 aliphatic carbocycles. The fourth-order valence-corrected chi connectivity index (χ4v) is 3.60. The van der Waals surface area contributed by atoms with E-state index in [2.05, 4.69) is 23.1 Å². The SMILES string of the molecule is CCn1cc(CC2(O)CCN3CCCCC32)cn1. The minimum Gasteiger partial charge on any atom is -0.388 e. The number of aromatic nitrogens is 2. The van der Waals surface area contributed by atoms with E-state index in [1.165, 1.54) is 24.9 Å². The predicted molar refractivity (Wildman–Crippen MR) is 70.4 cm³/mol. The topological polar surface area (TPSA) is 41.3 Å². The molecule has 2 unspecified atom stereocenters. The van der Waals surface area contributed by atoms with E-state index < -0.39 is 5.60 Å². The van der Waals surface area contributed by atoms with Crippen molar-refractivity contribution in [2.75, 3.05) is 13.1 Å². The first kappa shape index (κ1) is 12.2. The van der Waals surface area contributed by atoms with E-state index in [0.29, 0.717) is 6.04 Å². The molecular formula is C14H23N3O. The summed E-state index contributed by atoms with van der Waals surface area (Å²) in [5.41, 5.74) is 0.647. The number of hydrogen-bond acceptors (Lipinski definition) is 3. The van der Waals surface area contributed by atoms with Crippen LogP contribution in [0.1, 0.15) is 38.2 Å². The molecule has 0 saturated carbocycles. The van der Waals surface area contributed by atoms with Crippen molar-refractivity contribution in [1.29, 1.82) is 0 Å². The van der Waals surface area contributed by atoms with Gasteiger partial charge in [0, 0.05) is 31.7 Å². The van der Waals surface area contributed by atoms with Gasteiger partial charge in [0.2, 0.25) is 0 Å². The molecule has 2 atom stereocenters. The van der Waals surface area contributed by atoms with Crippen LogP contribution in [0.25, 0.3) is 0 Å². The quantitative estimate of drug-likeness (QED) is 0.881. The fourth-order valence-electron chi connectivity index (χ4n) is 3.60. The van der Waals surface area contributed by atoms with E-state index in [-0.39, 0.29) is 0 Å². The lowest BCUT2D eigenvalue weighted by Crippen LogP contribution is -2.48. The Morgan fingerprint density at radius 1 is 1.44 bits per heavy atom. The molecule has 3 rings (SSSR count). The third-order valence-corrected chi connectivity index (χ3v) is 4.59. The monoisotopic (exact) mass is 249 g/mol. The van der Waals surface area contributed by atoms with Crippen molar-refractivity contribution in [2.45, 2.75) is 57.2 Å². The molecule has 0 amide bonds. The molecule has 4 heteroatoms. The van der Waals surface area contributed by atoms with Gasteiger partial charge in [0.25, 0.3) is 0 Å². The molecule has 1 aromatic rings. The molecule has 0 aromatic carbocycles. The second kappa shape index (κ2) is 4.67. The van der Waals surface area contributed by atoms with Gasteiger partial charge in [-0.15, -0.1) is 0 Å². The van der Waals surface area contributed by atoms with Gasteiger partial charge in [-0.3, -0.25) is 9.58 Å². The number of aliphatic hydroxyl groups is 1. The molecule has 2 aliphatic heterocycles. The molecule has 0 bridgehead atoms. The number of hydrogen-bond donors (Lipinski definition) is 1. The third-order valence-electron chi connectivity index (χ3n) is 4.59. The van der Waals surface area contributed by atoms with E-state index in [1.807, 2.05) is 10.9 Å². The Hall–Kier alpha value is -0.870.